The molecule has 15 nitrogen and oxygen atoms in total. The highest BCUT2D eigenvalue weighted by Gasteiger charge is 2.29. The lowest BCUT2D eigenvalue weighted by Gasteiger charge is -2.17. The van der Waals surface area contributed by atoms with Crippen molar-refractivity contribution < 1.29 is 62.1 Å². The van der Waals surface area contributed by atoms with Crippen LogP contribution in [0.1, 0.15) is 42.7 Å². The smallest absolute Gasteiger partial charge is 0.407 e. The number of nitrogens with one attached hydrogen (secondary N) is 2. The number of rotatable bonds is 33. The third-order valence-corrected chi connectivity index (χ3v) is 8.31. The molecule has 0 aliphatic heterocycles. The summed E-state index contributed by atoms with van der Waals surface area (Å²) in [6, 6.07) is 14.9. The lowest BCUT2D eigenvalue weighted by atomic mass is 9.98. The molecule has 1 atom stereocenters. The van der Waals surface area contributed by atoms with Gasteiger partial charge in [-0.05, 0) is 41.5 Å². The van der Waals surface area contributed by atoms with Gasteiger partial charge in [-0.1, -0.05) is 48.5 Å². The summed E-state index contributed by atoms with van der Waals surface area (Å²) in [6.45, 7) is 7.46. The summed E-state index contributed by atoms with van der Waals surface area (Å²) in [5, 5.41) is 14.9. The molecule has 0 bridgehead atoms. The van der Waals surface area contributed by atoms with Gasteiger partial charge in [0.15, 0.2) is 0 Å². The van der Waals surface area contributed by atoms with Gasteiger partial charge >= 0.3 is 12.1 Å². The van der Waals surface area contributed by atoms with Crippen LogP contribution in [-0.4, -0.2) is 148 Å². The van der Waals surface area contributed by atoms with Crippen LogP contribution in [0.25, 0.3) is 11.1 Å². The molecule has 15 heteroatoms. The predicted molar refractivity (Wildman–Crippen MR) is 199 cm³/mol. The van der Waals surface area contributed by atoms with Crippen molar-refractivity contribution in [2.45, 2.75) is 37.6 Å². The minimum absolute atomic E-state index is 0.102. The average Bonchev–Trinajstić information content (AvgIpc) is 3.50. The first-order valence-electron chi connectivity index (χ1n) is 18.7. The lowest BCUT2D eigenvalue weighted by molar-refractivity contribution is -0.139. The van der Waals surface area contributed by atoms with Gasteiger partial charge < -0.3 is 58.4 Å². The van der Waals surface area contributed by atoms with E-state index in [1.54, 1.807) is 7.11 Å². The third-order valence-electron chi connectivity index (χ3n) is 8.31. The van der Waals surface area contributed by atoms with Crippen molar-refractivity contribution in [2.75, 3.05) is 119 Å². The van der Waals surface area contributed by atoms with Crippen LogP contribution in [0.2, 0.25) is 0 Å². The van der Waals surface area contributed by atoms with Gasteiger partial charge in [0.2, 0.25) is 5.91 Å². The number of alkyl carbamates (subject to hydrolysis) is 1. The second-order valence-electron chi connectivity index (χ2n) is 12.2. The van der Waals surface area contributed by atoms with Gasteiger partial charge in [-0.25, -0.2) is 9.59 Å². The van der Waals surface area contributed by atoms with E-state index in [1.807, 2.05) is 48.5 Å². The first-order valence-corrected chi connectivity index (χ1v) is 18.7. The van der Waals surface area contributed by atoms with E-state index in [1.165, 1.54) is 0 Å². The molecule has 0 saturated heterocycles. The van der Waals surface area contributed by atoms with Crippen LogP contribution < -0.4 is 10.6 Å². The van der Waals surface area contributed by atoms with Crippen molar-refractivity contribution in [3.8, 4) is 11.1 Å². The first kappa shape index (κ1) is 44.7. The number of hydrogen-bond donors (Lipinski definition) is 3. The zero-order valence-corrected chi connectivity index (χ0v) is 31.5. The maximum Gasteiger partial charge on any atom is 0.407 e. The molecule has 3 N–H and O–H groups in total. The number of ether oxygens (including phenoxy) is 9. The van der Waals surface area contributed by atoms with Crippen molar-refractivity contribution in [3.05, 3.63) is 59.7 Å². The van der Waals surface area contributed by atoms with E-state index in [0.29, 0.717) is 112 Å². The minimum Gasteiger partial charge on any atom is -0.480 e. The number of amides is 2. The monoisotopic (exact) mass is 762 g/mol. The highest BCUT2D eigenvalue weighted by atomic mass is 16.6. The zero-order chi connectivity index (χ0) is 38.5. The fourth-order valence-corrected chi connectivity index (χ4v) is 5.56. The van der Waals surface area contributed by atoms with E-state index >= 15 is 0 Å². The zero-order valence-electron chi connectivity index (χ0n) is 31.5. The van der Waals surface area contributed by atoms with E-state index in [0.717, 1.165) is 22.3 Å². The number of hydrogen-bond acceptors (Lipinski definition) is 12. The Kier molecular flexibility index (Phi) is 23.8. The molecule has 3 rings (SSSR count). The second-order valence-corrected chi connectivity index (χ2v) is 12.2. The van der Waals surface area contributed by atoms with Gasteiger partial charge in [-0.3, -0.25) is 4.79 Å². The van der Waals surface area contributed by atoms with Gasteiger partial charge in [0.05, 0.1) is 99.1 Å². The number of carbonyl (C=O) groups excluding carboxylic acids is 2. The molecule has 0 spiro atoms. The summed E-state index contributed by atoms with van der Waals surface area (Å²) in [7, 11) is 1.63. The number of carboxylic acids is 1. The van der Waals surface area contributed by atoms with Crippen LogP contribution in [0.4, 0.5) is 4.79 Å². The molecule has 2 amide bonds. The van der Waals surface area contributed by atoms with Crippen LogP contribution in [0, 0.1) is 0 Å². The number of carbonyl (C=O) groups is 3. The molecular formula is C39H58N2O13. The number of carboxylic acid groups (broad SMARTS) is 1. The first-order chi connectivity index (χ1) is 26.5. The molecule has 0 saturated carbocycles. The fourth-order valence-electron chi connectivity index (χ4n) is 5.56. The van der Waals surface area contributed by atoms with Crippen LogP contribution >= 0.6 is 0 Å². The van der Waals surface area contributed by atoms with Gasteiger partial charge in [0.25, 0.3) is 0 Å². The van der Waals surface area contributed by atoms with Crippen LogP contribution in [0.15, 0.2) is 48.5 Å². The molecule has 2 aromatic carbocycles. The van der Waals surface area contributed by atoms with Gasteiger partial charge in [0.1, 0.15) is 12.6 Å². The normalized spacial score (nSPS) is 12.6. The van der Waals surface area contributed by atoms with E-state index in [4.69, 9.17) is 42.6 Å². The Morgan fingerprint density at radius 2 is 1.07 bits per heavy atom. The van der Waals surface area contributed by atoms with E-state index in [2.05, 4.69) is 10.6 Å². The maximum absolute atomic E-state index is 12.6. The number of benzene rings is 2. The summed E-state index contributed by atoms with van der Waals surface area (Å²) in [6.07, 6.45) is 0.685. The van der Waals surface area contributed by atoms with E-state index in [-0.39, 0.29) is 37.9 Å². The van der Waals surface area contributed by atoms with Gasteiger partial charge in [-0.15, -0.1) is 0 Å². The molecule has 0 heterocycles. The van der Waals surface area contributed by atoms with Crippen LogP contribution in [-0.2, 0) is 52.2 Å². The van der Waals surface area contributed by atoms with Crippen LogP contribution in [0.5, 0.6) is 0 Å². The topological polar surface area (TPSA) is 179 Å². The summed E-state index contributed by atoms with van der Waals surface area (Å²) in [5.41, 5.74) is 4.38. The van der Waals surface area contributed by atoms with E-state index < -0.39 is 18.1 Å². The Balaban J connectivity index is 1.07. The van der Waals surface area contributed by atoms with Crippen molar-refractivity contribution in [1.29, 1.82) is 0 Å². The molecule has 1 unspecified atom stereocenters. The standard InChI is InChI=1S/C39H58N2O13/c1-46-16-17-48-20-21-50-24-25-52-28-29-53-27-26-51-23-22-49-19-18-47-15-13-37(42)40-14-7-6-12-36(38(43)44)41-39(45)54-30-35-33-10-4-2-8-31(33)32-9-3-5-11-34(32)35/h2-5,8-11,35-36H,6-7,12-30H2,1H3,(H,40,42)(H,41,45)(H,43,44). The molecule has 302 valence electrons. The quantitative estimate of drug-likeness (QED) is 0.0903. The molecule has 54 heavy (non-hydrogen) atoms. The molecule has 0 fully saturated rings. The van der Waals surface area contributed by atoms with Crippen molar-refractivity contribution in [3.63, 3.8) is 0 Å². The molecule has 0 radical (unpaired) electrons. The highest BCUT2D eigenvalue weighted by molar-refractivity contribution is 5.81. The molecule has 1 aliphatic rings. The Labute approximate surface area is 318 Å². The summed E-state index contributed by atoms with van der Waals surface area (Å²) >= 11 is 0. The second kappa shape index (κ2) is 28.7. The fraction of sp³-hybridized carbons (Fsp3) is 0.615. The Bertz CT molecular complexity index is 1290. The molecule has 1 aliphatic carbocycles. The third kappa shape index (κ3) is 18.6. The number of fused-ring (bicyclic) bond motifs is 3. The summed E-state index contributed by atoms with van der Waals surface area (Å²) in [5.74, 6) is -1.41. The summed E-state index contributed by atoms with van der Waals surface area (Å²) in [4.78, 5) is 36.4. The van der Waals surface area contributed by atoms with E-state index in [9.17, 15) is 19.5 Å². The van der Waals surface area contributed by atoms with Crippen molar-refractivity contribution in [2.24, 2.45) is 0 Å². The maximum atomic E-state index is 12.6. The Hall–Kier alpha value is -3.67. The number of methoxy groups -OCH3 is 1. The predicted octanol–water partition coefficient (Wildman–Crippen LogP) is 3.42. The average molecular weight is 763 g/mol. The SMILES string of the molecule is COCCOCCOCCOCCOCCOCCOCCOCCC(=O)NCCCCC(NC(=O)OCC1c2ccccc2-c2ccccc21)C(=O)O. The minimum atomic E-state index is -1.14. The molecular weight excluding hydrogens is 704 g/mol. The number of aliphatic carboxylic acids is 1. The summed E-state index contributed by atoms with van der Waals surface area (Å²) < 4.78 is 48.4. The molecule has 2 aromatic rings. The number of unbranched alkanes of at least 4 members (excludes halogenated alkanes) is 1. The van der Waals surface area contributed by atoms with Crippen LogP contribution in [0.3, 0.4) is 0 Å². The Morgan fingerprint density at radius 1 is 0.630 bits per heavy atom. The lowest BCUT2D eigenvalue weighted by Crippen LogP contribution is -2.41. The van der Waals surface area contributed by atoms with Gasteiger partial charge in [-0.2, -0.15) is 0 Å². The van der Waals surface area contributed by atoms with Gasteiger partial charge in [0, 0.05) is 26.0 Å². The largest absolute Gasteiger partial charge is 0.480 e. The van der Waals surface area contributed by atoms with Crippen molar-refractivity contribution >= 4 is 18.0 Å². The molecule has 0 aromatic heterocycles. The van der Waals surface area contributed by atoms with Crippen molar-refractivity contribution in [1.82, 2.24) is 10.6 Å². The highest BCUT2D eigenvalue weighted by Crippen LogP contribution is 2.44. The Morgan fingerprint density at radius 3 is 1.54 bits per heavy atom.